The fourth-order valence-corrected chi connectivity index (χ4v) is 0.936. The molecule has 0 atom stereocenters. The van der Waals surface area contributed by atoms with Gasteiger partial charge in [0.05, 0.1) is 0 Å². The SMILES string of the molecule is CN(C)c1cc(C(F)(F)F)n(C)n1. The second kappa shape index (κ2) is 2.93. The molecule has 0 aliphatic heterocycles. The van der Waals surface area contributed by atoms with Crippen molar-refractivity contribution < 1.29 is 13.2 Å². The minimum absolute atomic E-state index is 0.301. The van der Waals surface area contributed by atoms with Gasteiger partial charge in [-0.15, -0.1) is 0 Å². The molecule has 1 aromatic rings. The van der Waals surface area contributed by atoms with Crippen molar-refractivity contribution in [3.05, 3.63) is 11.8 Å². The molecule has 0 amide bonds. The van der Waals surface area contributed by atoms with E-state index < -0.39 is 11.9 Å². The lowest BCUT2D eigenvalue weighted by Crippen LogP contribution is -2.11. The average Bonchev–Trinajstić information content (AvgIpc) is 2.29. The molecule has 0 saturated heterocycles. The first-order chi connectivity index (χ1) is 5.82. The first-order valence-corrected chi connectivity index (χ1v) is 3.61. The highest BCUT2D eigenvalue weighted by molar-refractivity contribution is 5.38. The highest BCUT2D eigenvalue weighted by Gasteiger charge is 2.35. The van der Waals surface area contributed by atoms with E-state index in [1.807, 2.05) is 0 Å². The van der Waals surface area contributed by atoms with Crippen LogP contribution in [0.4, 0.5) is 19.0 Å². The van der Waals surface area contributed by atoms with E-state index in [-0.39, 0.29) is 0 Å². The molecule has 0 saturated carbocycles. The molecule has 0 aromatic carbocycles. The molecule has 13 heavy (non-hydrogen) atoms. The van der Waals surface area contributed by atoms with Crippen molar-refractivity contribution in [3.63, 3.8) is 0 Å². The van der Waals surface area contributed by atoms with Gasteiger partial charge in [0.1, 0.15) is 5.69 Å². The third kappa shape index (κ3) is 1.93. The van der Waals surface area contributed by atoms with E-state index in [4.69, 9.17) is 0 Å². The molecule has 0 bridgehead atoms. The number of halogens is 3. The van der Waals surface area contributed by atoms with Gasteiger partial charge in [0.2, 0.25) is 0 Å². The summed E-state index contributed by atoms with van der Waals surface area (Å²) in [4.78, 5) is 1.52. The molecule has 0 aliphatic carbocycles. The van der Waals surface area contributed by atoms with Gasteiger partial charge < -0.3 is 4.90 Å². The molecule has 0 unspecified atom stereocenters. The third-order valence-corrected chi connectivity index (χ3v) is 1.62. The second-order valence-electron chi connectivity index (χ2n) is 2.90. The van der Waals surface area contributed by atoms with Crippen molar-refractivity contribution in [2.45, 2.75) is 6.18 Å². The lowest BCUT2D eigenvalue weighted by molar-refractivity contribution is -0.143. The Morgan fingerprint density at radius 3 is 2.15 bits per heavy atom. The Kier molecular flexibility index (Phi) is 2.23. The van der Waals surface area contributed by atoms with Gasteiger partial charge in [0, 0.05) is 27.2 Å². The molecular weight excluding hydrogens is 183 g/mol. The summed E-state index contributed by atoms with van der Waals surface area (Å²) in [5.74, 6) is 0.301. The summed E-state index contributed by atoms with van der Waals surface area (Å²) in [6.45, 7) is 0. The van der Waals surface area contributed by atoms with Crippen LogP contribution in [-0.4, -0.2) is 23.9 Å². The molecule has 1 aromatic heterocycles. The van der Waals surface area contributed by atoms with E-state index in [1.54, 1.807) is 14.1 Å². The highest BCUT2D eigenvalue weighted by Crippen LogP contribution is 2.30. The number of anilines is 1. The van der Waals surface area contributed by atoms with Crippen LogP contribution in [0.5, 0.6) is 0 Å². The van der Waals surface area contributed by atoms with Gasteiger partial charge in [0.15, 0.2) is 5.82 Å². The second-order valence-corrected chi connectivity index (χ2v) is 2.90. The van der Waals surface area contributed by atoms with Crippen LogP contribution in [0, 0.1) is 0 Å². The average molecular weight is 193 g/mol. The monoisotopic (exact) mass is 193 g/mol. The molecule has 0 radical (unpaired) electrons. The summed E-state index contributed by atoms with van der Waals surface area (Å²) >= 11 is 0. The molecule has 0 N–H and O–H groups in total. The summed E-state index contributed by atoms with van der Waals surface area (Å²) < 4.78 is 37.6. The van der Waals surface area contributed by atoms with Crippen molar-refractivity contribution in [2.75, 3.05) is 19.0 Å². The number of nitrogens with zero attached hydrogens (tertiary/aromatic N) is 3. The van der Waals surface area contributed by atoms with E-state index in [0.717, 1.165) is 10.7 Å². The van der Waals surface area contributed by atoms with Crippen molar-refractivity contribution in [1.29, 1.82) is 0 Å². The fourth-order valence-electron chi connectivity index (χ4n) is 0.936. The zero-order valence-corrected chi connectivity index (χ0v) is 7.55. The Morgan fingerprint density at radius 2 is 1.92 bits per heavy atom. The molecule has 0 spiro atoms. The Labute approximate surface area is 73.8 Å². The predicted molar refractivity (Wildman–Crippen MR) is 42.5 cm³/mol. The topological polar surface area (TPSA) is 21.1 Å². The van der Waals surface area contributed by atoms with Crippen molar-refractivity contribution in [3.8, 4) is 0 Å². The largest absolute Gasteiger partial charge is 0.433 e. The number of alkyl halides is 3. The maximum Gasteiger partial charge on any atom is 0.433 e. The summed E-state index contributed by atoms with van der Waals surface area (Å²) in [7, 11) is 4.56. The van der Waals surface area contributed by atoms with Crippen LogP contribution < -0.4 is 4.90 Å². The first-order valence-electron chi connectivity index (χ1n) is 3.61. The van der Waals surface area contributed by atoms with E-state index >= 15 is 0 Å². The van der Waals surface area contributed by atoms with E-state index in [9.17, 15) is 13.2 Å². The van der Waals surface area contributed by atoms with Crippen molar-refractivity contribution in [1.82, 2.24) is 9.78 Å². The van der Waals surface area contributed by atoms with Gasteiger partial charge in [-0.25, -0.2) is 0 Å². The lowest BCUT2D eigenvalue weighted by atomic mass is 10.4. The number of rotatable bonds is 1. The molecule has 0 fully saturated rings. The van der Waals surface area contributed by atoms with Gasteiger partial charge >= 0.3 is 6.18 Å². The molecule has 1 rings (SSSR count). The van der Waals surface area contributed by atoms with E-state index in [2.05, 4.69) is 5.10 Å². The molecule has 6 heteroatoms. The third-order valence-electron chi connectivity index (χ3n) is 1.62. The fraction of sp³-hybridized carbons (Fsp3) is 0.571. The van der Waals surface area contributed by atoms with Gasteiger partial charge in [-0.3, -0.25) is 4.68 Å². The van der Waals surface area contributed by atoms with Crippen LogP contribution in [0.3, 0.4) is 0 Å². The van der Waals surface area contributed by atoms with E-state index in [1.165, 1.54) is 11.9 Å². The molecular formula is C7H10F3N3. The van der Waals surface area contributed by atoms with Gasteiger partial charge in [0.25, 0.3) is 0 Å². The molecule has 0 aliphatic rings. The maximum atomic E-state index is 12.2. The smallest absolute Gasteiger partial charge is 0.361 e. The lowest BCUT2D eigenvalue weighted by Gasteiger charge is -2.05. The Bertz CT molecular complexity index is 300. The minimum atomic E-state index is -4.34. The number of aryl methyl sites for hydroxylation is 1. The van der Waals surface area contributed by atoms with Crippen LogP contribution >= 0.6 is 0 Å². The summed E-state index contributed by atoms with van der Waals surface area (Å²) in [5, 5.41) is 3.70. The standard InChI is InChI=1S/C7H10F3N3/c1-12(2)6-4-5(7(8,9)10)13(3)11-6/h4H,1-3H3. The normalized spacial score (nSPS) is 11.8. The maximum absolute atomic E-state index is 12.2. The quantitative estimate of drug-likeness (QED) is 0.674. The molecule has 74 valence electrons. The number of hydrogen-bond donors (Lipinski definition) is 0. The van der Waals surface area contributed by atoms with Crippen LogP contribution in [0.25, 0.3) is 0 Å². The van der Waals surface area contributed by atoms with Crippen LogP contribution in [0.15, 0.2) is 6.07 Å². The summed E-state index contributed by atoms with van der Waals surface area (Å²) in [6, 6.07) is 1.01. The Hall–Kier alpha value is -1.20. The first kappa shape index (κ1) is 9.88. The van der Waals surface area contributed by atoms with Crippen molar-refractivity contribution in [2.24, 2.45) is 7.05 Å². The Balaban J connectivity index is 3.11. The van der Waals surface area contributed by atoms with Crippen LogP contribution in [0.1, 0.15) is 5.69 Å². The summed E-state index contributed by atoms with van der Waals surface area (Å²) in [6.07, 6.45) is -4.34. The van der Waals surface area contributed by atoms with E-state index in [0.29, 0.717) is 5.82 Å². The van der Waals surface area contributed by atoms with Crippen LogP contribution in [-0.2, 0) is 13.2 Å². The summed E-state index contributed by atoms with van der Waals surface area (Å²) in [5.41, 5.74) is -0.740. The van der Waals surface area contributed by atoms with Crippen molar-refractivity contribution >= 4 is 5.82 Å². The van der Waals surface area contributed by atoms with Crippen LogP contribution in [0.2, 0.25) is 0 Å². The number of hydrogen-bond acceptors (Lipinski definition) is 2. The zero-order chi connectivity index (χ0) is 10.2. The highest BCUT2D eigenvalue weighted by atomic mass is 19.4. The number of aromatic nitrogens is 2. The molecule has 1 heterocycles. The van der Waals surface area contributed by atoms with Gasteiger partial charge in [-0.2, -0.15) is 18.3 Å². The Morgan fingerprint density at radius 1 is 1.38 bits per heavy atom. The zero-order valence-electron chi connectivity index (χ0n) is 7.55. The predicted octanol–water partition coefficient (Wildman–Crippen LogP) is 1.50. The van der Waals surface area contributed by atoms with Gasteiger partial charge in [-0.1, -0.05) is 0 Å². The molecule has 3 nitrogen and oxygen atoms in total. The van der Waals surface area contributed by atoms with Gasteiger partial charge in [-0.05, 0) is 0 Å². The minimum Gasteiger partial charge on any atom is -0.361 e.